The molecule has 1 aromatic carbocycles. The second-order valence-corrected chi connectivity index (χ2v) is 5.34. The molecule has 1 rings (SSSR count). The predicted molar refractivity (Wildman–Crippen MR) is 72.3 cm³/mol. The Bertz CT molecular complexity index is 461. The minimum Gasteiger partial charge on any atom is -0.444 e. The van der Waals surface area contributed by atoms with Crippen molar-refractivity contribution >= 4 is 6.09 Å². The van der Waals surface area contributed by atoms with Crippen molar-refractivity contribution in [2.75, 3.05) is 6.54 Å². The highest BCUT2D eigenvalue weighted by atomic mass is 19.1. The molecule has 0 spiro atoms. The van der Waals surface area contributed by atoms with Gasteiger partial charge in [-0.1, -0.05) is 17.7 Å². The maximum absolute atomic E-state index is 13.9. The van der Waals surface area contributed by atoms with Crippen molar-refractivity contribution in [1.82, 2.24) is 0 Å². The van der Waals surface area contributed by atoms with Crippen LogP contribution < -0.4 is 11.5 Å². The third kappa shape index (κ3) is 4.52. The van der Waals surface area contributed by atoms with E-state index in [1.807, 2.05) is 6.92 Å². The van der Waals surface area contributed by atoms with Crippen LogP contribution in [-0.4, -0.2) is 18.2 Å². The first-order chi connectivity index (χ1) is 8.75. The third-order valence-electron chi connectivity index (χ3n) is 2.99. The van der Waals surface area contributed by atoms with E-state index in [-0.39, 0.29) is 18.3 Å². The summed E-state index contributed by atoms with van der Waals surface area (Å²) in [6.07, 6.45) is -0.433. The highest BCUT2D eigenvalue weighted by Crippen LogP contribution is 2.29. The molecule has 1 unspecified atom stereocenters. The minimum atomic E-state index is -0.842. The van der Waals surface area contributed by atoms with Crippen molar-refractivity contribution in [1.29, 1.82) is 0 Å². The molecule has 0 fully saturated rings. The van der Waals surface area contributed by atoms with Crippen LogP contribution in [0.5, 0.6) is 0 Å². The van der Waals surface area contributed by atoms with Crippen molar-refractivity contribution in [2.24, 2.45) is 11.5 Å². The van der Waals surface area contributed by atoms with Gasteiger partial charge in [-0.15, -0.1) is 0 Å². The molecule has 0 aliphatic heterocycles. The highest BCUT2D eigenvalue weighted by Gasteiger charge is 2.28. The van der Waals surface area contributed by atoms with Gasteiger partial charge in [-0.2, -0.15) is 0 Å². The van der Waals surface area contributed by atoms with E-state index in [2.05, 4.69) is 0 Å². The van der Waals surface area contributed by atoms with Crippen molar-refractivity contribution in [3.05, 3.63) is 35.1 Å². The average molecular weight is 268 g/mol. The molecule has 0 radical (unpaired) electrons. The Kier molecular flexibility index (Phi) is 4.89. The van der Waals surface area contributed by atoms with E-state index in [4.69, 9.17) is 16.2 Å². The van der Waals surface area contributed by atoms with Gasteiger partial charge in [0.2, 0.25) is 0 Å². The standard InChI is InChI=1S/C14H21FN2O2/c1-9-4-5-12(15)11(6-9)10(8-16)7-14(2,3)19-13(17)18/h4-6,10H,7-8,16H2,1-3H3,(H2,17,18). The van der Waals surface area contributed by atoms with Crippen LogP contribution in [0.1, 0.15) is 37.3 Å². The normalized spacial score (nSPS) is 13.1. The first-order valence-electron chi connectivity index (χ1n) is 6.20. The molecule has 0 aliphatic carbocycles. The molecule has 0 heterocycles. The molecule has 0 saturated heterocycles. The molecule has 4 N–H and O–H groups in total. The SMILES string of the molecule is Cc1ccc(F)c(C(CN)CC(C)(C)OC(N)=O)c1. The summed E-state index contributed by atoms with van der Waals surface area (Å²) in [6.45, 7) is 5.62. The number of carbonyl (C=O) groups is 1. The number of amides is 1. The van der Waals surface area contributed by atoms with Gasteiger partial charge in [0.25, 0.3) is 0 Å². The van der Waals surface area contributed by atoms with Crippen LogP contribution in [0.25, 0.3) is 0 Å². The van der Waals surface area contributed by atoms with Gasteiger partial charge in [0.15, 0.2) is 0 Å². The Morgan fingerprint density at radius 3 is 2.63 bits per heavy atom. The van der Waals surface area contributed by atoms with Crippen molar-refractivity contribution in [3.8, 4) is 0 Å². The summed E-state index contributed by atoms with van der Waals surface area (Å²) in [6, 6.07) is 4.90. The number of nitrogens with two attached hydrogens (primary N) is 2. The Labute approximate surface area is 112 Å². The second kappa shape index (κ2) is 6.02. The minimum absolute atomic E-state index is 0.228. The van der Waals surface area contributed by atoms with Gasteiger partial charge < -0.3 is 16.2 Å². The van der Waals surface area contributed by atoms with Crippen LogP contribution in [0.15, 0.2) is 18.2 Å². The molecule has 0 aromatic heterocycles. The van der Waals surface area contributed by atoms with Crippen LogP contribution >= 0.6 is 0 Å². The zero-order chi connectivity index (χ0) is 14.6. The second-order valence-electron chi connectivity index (χ2n) is 5.34. The molecular weight excluding hydrogens is 247 g/mol. The fourth-order valence-corrected chi connectivity index (χ4v) is 2.20. The van der Waals surface area contributed by atoms with E-state index < -0.39 is 11.7 Å². The Morgan fingerprint density at radius 2 is 2.11 bits per heavy atom. The molecular formula is C14H21FN2O2. The maximum Gasteiger partial charge on any atom is 0.405 e. The van der Waals surface area contributed by atoms with Crippen molar-refractivity contribution in [3.63, 3.8) is 0 Å². The Morgan fingerprint density at radius 1 is 1.47 bits per heavy atom. The molecule has 0 saturated carbocycles. The number of benzene rings is 1. The molecule has 0 bridgehead atoms. The predicted octanol–water partition coefficient (Wildman–Crippen LogP) is 2.44. The van der Waals surface area contributed by atoms with Gasteiger partial charge in [0.05, 0.1) is 0 Å². The lowest BCUT2D eigenvalue weighted by Gasteiger charge is -2.29. The van der Waals surface area contributed by atoms with Gasteiger partial charge in [0, 0.05) is 5.92 Å². The number of primary amides is 1. The quantitative estimate of drug-likeness (QED) is 0.861. The zero-order valence-corrected chi connectivity index (χ0v) is 11.6. The number of hydrogen-bond donors (Lipinski definition) is 2. The van der Waals surface area contributed by atoms with Gasteiger partial charge in [-0.3, -0.25) is 0 Å². The summed E-state index contributed by atoms with van der Waals surface area (Å²) in [5.74, 6) is -0.523. The van der Waals surface area contributed by atoms with Crippen molar-refractivity contribution in [2.45, 2.75) is 38.7 Å². The highest BCUT2D eigenvalue weighted by molar-refractivity contribution is 5.65. The number of aryl methyl sites for hydroxylation is 1. The summed E-state index contributed by atoms with van der Waals surface area (Å²) in [5, 5.41) is 0. The molecule has 1 aromatic rings. The molecule has 4 nitrogen and oxygen atoms in total. The third-order valence-corrected chi connectivity index (χ3v) is 2.99. The number of hydrogen-bond acceptors (Lipinski definition) is 3. The van der Waals surface area contributed by atoms with Crippen LogP contribution in [-0.2, 0) is 4.74 Å². The smallest absolute Gasteiger partial charge is 0.405 e. The molecule has 1 amide bonds. The van der Waals surface area contributed by atoms with Gasteiger partial charge in [0.1, 0.15) is 11.4 Å². The molecule has 1 atom stereocenters. The van der Waals surface area contributed by atoms with Crippen LogP contribution in [0.3, 0.4) is 0 Å². The van der Waals surface area contributed by atoms with Crippen LogP contribution in [0.2, 0.25) is 0 Å². The summed E-state index contributed by atoms with van der Waals surface area (Å²) < 4.78 is 18.9. The summed E-state index contributed by atoms with van der Waals surface area (Å²) >= 11 is 0. The number of carbonyl (C=O) groups excluding carboxylic acids is 1. The Hall–Kier alpha value is -1.62. The lowest BCUT2D eigenvalue weighted by Crippen LogP contribution is -2.34. The lowest BCUT2D eigenvalue weighted by molar-refractivity contribution is 0.0340. The fraction of sp³-hybridized carbons (Fsp3) is 0.500. The number of halogens is 1. The van der Waals surface area contributed by atoms with E-state index >= 15 is 0 Å². The maximum atomic E-state index is 13.9. The van der Waals surface area contributed by atoms with Crippen LogP contribution in [0.4, 0.5) is 9.18 Å². The fourth-order valence-electron chi connectivity index (χ4n) is 2.20. The summed E-state index contributed by atoms with van der Waals surface area (Å²) in [7, 11) is 0. The van der Waals surface area contributed by atoms with Gasteiger partial charge in [-0.25, -0.2) is 9.18 Å². The van der Waals surface area contributed by atoms with E-state index in [1.54, 1.807) is 26.0 Å². The zero-order valence-electron chi connectivity index (χ0n) is 11.6. The molecule has 0 aliphatic rings. The van der Waals surface area contributed by atoms with E-state index in [1.165, 1.54) is 6.07 Å². The molecule has 19 heavy (non-hydrogen) atoms. The van der Waals surface area contributed by atoms with Crippen LogP contribution in [0, 0.1) is 12.7 Å². The Balaban J connectivity index is 2.95. The number of rotatable bonds is 5. The molecule has 106 valence electrons. The molecule has 5 heteroatoms. The summed E-state index contributed by atoms with van der Waals surface area (Å²) in [4.78, 5) is 10.8. The first kappa shape index (κ1) is 15.4. The lowest BCUT2D eigenvalue weighted by atomic mass is 9.87. The topological polar surface area (TPSA) is 78.3 Å². The van der Waals surface area contributed by atoms with E-state index in [0.29, 0.717) is 12.0 Å². The number of ether oxygens (including phenoxy) is 1. The average Bonchev–Trinajstić information content (AvgIpc) is 2.27. The first-order valence-corrected chi connectivity index (χ1v) is 6.20. The monoisotopic (exact) mass is 268 g/mol. The van der Waals surface area contributed by atoms with Gasteiger partial charge >= 0.3 is 6.09 Å². The van der Waals surface area contributed by atoms with Gasteiger partial charge in [-0.05, 0) is 45.4 Å². The summed E-state index contributed by atoms with van der Waals surface area (Å²) in [5.41, 5.74) is 11.5. The van der Waals surface area contributed by atoms with E-state index in [0.717, 1.165) is 5.56 Å². The van der Waals surface area contributed by atoms with Crippen molar-refractivity contribution < 1.29 is 13.9 Å². The largest absolute Gasteiger partial charge is 0.444 e. The van der Waals surface area contributed by atoms with E-state index in [9.17, 15) is 9.18 Å².